The Morgan fingerprint density at radius 2 is 2.21 bits per heavy atom. The van der Waals surface area contributed by atoms with E-state index in [2.05, 4.69) is 38.4 Å². The van der Waals surface area contributed by atoms with E-state index in [1.165, 1.54) is 18.4 Å². The molecule has 1 saturated carbocycles. The number of aromatic nitrogens is 5. The third-order valence-electron chi connectivity index (χ3n) is 6.98. The zero-order valence-electron chi connectivity index (χ0n) is 18.9. The van der Waals surface area contributed by atoms with Gasteiger partial charge in [0.05, 0.1) is 31.2 Å². The van der Waals surface area contributed by atoms with Crippen LogP contribution in [-0.4, -0.2) is 61.5 Å². The summed E-state index contributed by atoms with van der Waals surface area (Å²) < 4.78 is 16.2. The summed E-state index contributed by atoms with van der Waals surface area (Å²) in [7, 11) is 0. The van der Waals surface area contributed by atoms with Crippen molar-refractivity contribution < 1.29 is 9.18 Å². The highest BCUT2D eigenvalue weighted by molar-refractivity contribution is 6.07. The van der Waals surface area contributed by atoms with E-state index in [0.29, 0.717) is 24.0 Å². The Balaban J connectivity index is 1.29. The fourth-order valence-electron chi connectivity index (χ4n) is 4.66. The second kappa shape index (κ2) is 7.96. The Hall–Kier alpha value is -3.69. The van der Waals surface area contributed by atoms with E-state index in [1.807, 2.05) is 18.3 Å². The summed E-state index contributed by atoms with van der Waals surface area (Å²) in [6.45, 7) is 3.03. The lowest BCUT2D eigenvalue weighted by Gasteiger charge is -2.23. The highest BCUT2D eigenvalue weighted by Gasteiger charge is 2.42. The molecule has 2 fully saturated rings. The molecule has 174 valence electrons. The summed E-state index contributed by atoms with van der Waals surface area (Å²) >= 11 is 0. The zero-order valence-corrected chi connectivity index (χ0v) is 18.9. The van der Waals surface area contributed by atoms with Crippen molar-refractivity contribution in [3.8, 4) is 0 Å². The highest BCUT2D eigenvalue weighted by Crippen LogP contribution is 2.52. The van der Waals surface area contributed by atoms with Gasteiger partial charge in [-0.2, -0.15) is 4.98 Å². The van der Waals surface area contributed by atoms with Gasteiger partial charge >= 0.3 is 0 Å². The van der Waals surface area contributed by atoms with Crippen molar-refractivity contribution in [3.05, 3.63) is 54.3 Å². The smallest absolute Gasteiger partial charge is 0.246 e. The lowest BCUT2D eigenvalue weighted by Crippen LogP contribution is -2.38. The number of Topliss-reactive ketones (excluding diaryl/α,β-unsaturated/α-hetero) is 1. The van der Waals surface area contributed by atoms with Crippen molar-refractivity contribution in [3.63, 3.8) is 0 Å². The van der Waals surface area contributed by atoms with Gasteiger partial charge in [-0.1, -0.05) is 6.92 Å². The number of hydrogen-bond acceptors (Lipinski definition) is 8. The van der Waals surface area contributed by atoms with Crippen LogP contribution in [0.25, 0.3) is 5.52 Å². The second-order valence-corrected chi connectivity index (χ2v) is 9.50. The molecular weight excluding hydrogens is 435 g/mol. The lowest BCUT2D eigenvalue weighted by atomic mass is 9.99. The molecule has 6 rings (SSSR count). The topological polar surface area (TPSA) is 101 Å². The summed E-state index contributed by atoms with van der Waals surface area (Å²) in [4.78, 5) is 32.3. The van der Waals surface area contributed by atoms with Gasteiger partial charge in [0.25, 0.3) is 0 Å². The molecule has 0 spiro atoms. The molecule has 1 N–H and O–H groups in total. The molecule has 2 atom stereocenters. The quantitative estimate of drug-likeness (QED) is 0.604. The van der Waals surface area contributed by atoms with Gasteiger partial charge < -0.3 is 10.2 Å². The molecule has 9 nitrogen and oxygen atoms in total. The first-order valence-electron chi connectivity index (χ1n) is 11.5. The molecule has 1 saturated heterocycles. The largest absolute Gasteiger partial charge is 0.326 e. The Bertz CT molecular complexity index is 1310. The number of alkyl halides is 1. The van der Waals surface area contributed by atoms with E-state index < -0.39 is 12.2 Å². The van der Waals surface area contributed by atoms with Crippen LogP contribution in [-0.2, 0) is 11.2 Å². The first-order valence-corrected chi connectivity index (χ1v) is 11.5. The normalized spacial score (nSPS) is 23.2. The van der Waals surface area contributed by atoms with Gasteiger partial charge in [0.1, 0.15) is 17.5 Å². The van der Waals surface area contributed by atoms with Crippen LogP contribution in [0.3, 0.4) is 0 Å². The minimum atomic E-state index is -1.14. The minimum Gasteiger partial charge on any atom is -0.326 e. The zero-order chi connectivity index (χ0) is 23.3. The molecule has 5 heterocycles. The molecule has 10 heteroatoms. The predicted molar refractivity (Wildman–Crippen MR) is 126 cm³/mol. The fourth-order valence-corrected chi connectivity index (χ4v) is 4.66. The molecule has 0 radical (unpaired) electrons. The van der Waals surface area contributed by atoms with Gasteiger partial charge in [-0.25, -0.2) is 8.91 Å². The molecule has 0 aromatic carbocycles. The molecular formula is C24H25FN8O. The Kier molecular flexibility index (Phi) is 4.89. The Morgan fingerprint density at radius 3 is 3.00 bits per heavy atom. The van der Waals surface area contributed by atoms with Crippen molar-refractivity contribution in [1.82, 2.24) is 24.6 Å². The number of carbonyl (C=O) groups is 1. The minimum absolute atomic E-state index is 0.0619. The summed E-state index contributed by atoms with van der Waals surface area (Å²) in [5.74, 6) is 1.52. The average Bonchev–Trinajstić information content (AvgIpc) is 3.23. The molecule has 0 amide bonds. The number of carbonyl (C=O) groups excluding carboxylic acids is 1. The lowest BCUT2D eigenvalue weighted by molar-refractivity contribution is -0.119. The standard InChI is InChI=1S/C24H25FN8O/c1-24(4-5-24)15-9-21(28-12-15)29-22-18-3-2-8-33(18)31-23(30-22)32-14-16(25)10-19(32)20(34)11-17-13-26-6-7-27-17/h2-3,6-9,13,16,19H,4-5,10-12,14H2,1H3,(H,28,29,30,31)/t16-,19+/m1/s1. The van der Waals surface area contributed by atoms with Crippen molar-refractivity contribution in [1.29, 1.82) is 0 Å². The van der Waals surface area contributed by atoms with E-state index in [4.69, 9.17) is 4.98 Å². The van der Waals surface area contributed by atoms with Crippen LogP contribution in [0.15, 0.2) is 53.6 Å². The van der Waals surface area contributed by atoms with Crippen molar-refractivity contribution >= 4 is 28.9 Å². The van der Waals surface area contributed by atoms with E-state index in [-0.39, 0.29) is 30.6 Å². The number of anilines is 2. The van der Waals surface area contributed by atoms with Crippen LogP contribution < -0.4 is 10.2 Å². The van der Waals surface area contributed by atoms with Crippen LogP contribution in [0.5, 0.6) is 0 Å². The maximum atomic E-state index is 14.5. The molecule has 3 aromatic heterocycles. The summed E-state index contributed by atoms with van der Waals surface area (Å²) in [5.41, 5.74) is 2.95. The third-order valence-corrected chi connectivity index (χ3v) is 6.98. The molecule has 0 bridgehead atoms. The maximum absolute atomic E-state index is 14.5. The SMILES string of the molecule is CC1(C2=CC(Nc3nc(N4C[C@H](F)C[C@H]4C(=O)Cc4cnccn4)nn4cccc34)=NC2)CC1. The number of aliphatic imine (C=N–C) groups is 1. The van der Waals surface area contributed by atoms with Gasteiger partial charge in [-0.3, -0.25) is 19.8 Å². The molecule has 0 unspecified atom stereocenters. The van der Waals surface area contributed by atoms with Crippen molar-refractivity contribution in [2.45, 2.75) is 44.8 Å². The van der Waals surface area contributed by atoms with Crippen LogP contribution in [0.4, 0.5) is 16.2 Å². The fraction of sp³-hybridized carbons (Fsp3) is 0.417. The maximum Gasteiger partial charge on any atom is 0.246 e. The second-order valence-electron chi connectivity index (χ2n) is 9.50. The Morgan fingerprint density at radius 1 is 1.32 bits per heavy atom. The molecule has 3 aromatic rings. The van der Waals surface area contributed by atoms with Crippen LogP contribution in [0.2, 0.25) is 0 Å². The van der Waals surface area contributed by atoms with Crippen LogP contribution in [0.1, 0.15) is 31.9 Å². The number of nitrogens with one attached hydrogen (secondary N) is 1. The summed E-state index contributed by atoms with van der Waals surface area (Å²) in [5, 5.41) is 7.92. The molecule has 34 heavy (non-hydrogen) atoms. The first-order chi connectivity index (χ1) is 16.5. The number of fused-ring (bicyclic) bond motifs is 1. The first kappa shape index (κ1) is 20.9. The number of rotatable bonds is 6. The van der Waals surface area contributed by atoms with E-state index >= 15 is 0 Å². The molecule has 1 aliphatic carbocycles. The van der Waals surface area contributed by atoms with Gasteiger partial charge in [0.2, 0.25) is 5.95 Å². The molecule has 2 aliphatic heterocycles. The van der Waals surface area contributed by atoms with Gasteiger partial charge in [-0.15, -0.1) is 5.10 Å². The predicted octanol–water partition coefficient (Wildman–Crippen LogP) is 2.80. The van der Waals surface area contributed by atoms with E-state index in [9.17, 15) is 9.18 Å². The number of nitrogens with zero attached hydrogens (tertiary/aromatic N) is 7. The van der Waals surface area contributed by atoms with Gasteiger partial charge in [0, 0.05) is 31.2 Å². The van der Waals surface area contributed by atoms with Crippen molar-refractivity contribution in [2.24, 2.45) is 10.4 Å². The monoisotopic (exact) mass is 460 g/mol. The number of hydrogen-bond donors (Lipinski definition) is 1. The summed E-state index contributed by atoms with van der Waals surface area (Å²) in [6, 6.07) is 3.12. The van der Waals surface area contributed by atoms with E-state index in [0.717, 1.165) is 11.4 Å². The van der Waals surface area contributed by atoms with E-state index in [1.54, 1.807) is 28.0 Å². The number of ketones is 1. The number of amidine groups is 1. The molecule has 3 aliphatic rings. The van der Waals surface area contributed by atoms with Crippen LogP contribution in [0, 0.1) is 5.41 Å². The third kappa shape index (κ3) is 3.82. The van der Waals surface area contributed by atoms with Crippen LogP contribution >= 0.6 is 0 Å². The highest BCUT2D eigenvalue weighted by atomic mass is 19.1. The number of halogens is 1. The Labute approximate surface area is 195 Å². The van der Waals surface area contributed by atoms with Gasteiger partial charge in [-0.05, 0) is 42.0 Å². The summed E-state index contributed by atoms with van der Waals surface area (Å²) in [6.07, 6.45) is 10.0. The van der Waals surface area contributed by atoms with Crippen molar-refractivity contribution in [2.75, 3.05) is 23.3 Å². The average molecular weight is 461 g/mol. The van der Waals surface area contributed by atoms with Gasteiger partial charge in [0.15, 0.2) is 11.6 Å².